The van der Waals surface area contributed by atoms with Gasteiger partial charge in [-0.1, -0.05) is 12.1 Å². The number of para-hydroxylation sites is 2. The summed E-state index contributed by atoms with van der Waals surface area (Å²) < 4.78 is 5.33. The summed E-state index contributed by atoms with van der Waals surface area (Å²) in [6, 6.07) is 8.45. The fourth-order valence-corrected chi connectivity index (χ4v) is 3.07. The Morgan fingerprint density at radius 3 is 3.06 bits per heavy atom. The Bertz CT molecular complexity index is 461. The van der Waals surface area contributed by atoms with Gasteiger partial charge in [0.15, 0.2) is 0 Å². The van der Waals surface area contributed by atoms with E-state index in [0.717, 1.165) is 30.8 Å². The van der Waals surface area contributed by atoms with E-state index >= 15 is 0 Å². The third-order valence-corrected chi connectivity index (χ3v) is 3.93. The van der Waals surface area contributed by atoms with Gasteiger partial charge in [0.2, 0.25) is 5.91 Å². The highest BCUT2D eigenvalue weighted by atomic mass is 16.5. The predicted molar refractivity (Wildman–Crippen MR) is 69.8 cm³/mol. The fourth-order valence-electron chi connectivity index (χ4n) is 3.07. The molecule has 18 heavy (non-hydrogen) atoms. The quantitative estimate of drug-likeness (QED) is 0.885. The van der Waals surface area contributed by atoms with E-state index in [1.54, 1.807) is 7.11 Å². The minimum atomic E-state index is 0.219. The van der Waals surface area contributed by atoms with Crippen LogP contribution in [-0.4, -0.2) is 36.5 Å². The van der Waals surface area contributed by atoms with Crippen LogP contribution in [0.25, 0.3) is 0 Å². The van der Waals surface area contributed by atoms with Crippen LogP contribution in [0.1, 0.15) is 19.3 Å². The van der Waals surface area contributed by atoms with Gasteiger partial charge >= 0.3 is 0 Å². The highest BCUT2D eigenvalue weighted by molar-refractivity contribution is 5.81. The van der Waals surface area contributed by atoms with Crippen molar-refractivity contribution < 1.29 is 9.53 Å². The van der Waals surface area contributed by atoms with Crippen molar-refractivity contribution in [3.8, 4) is 5.75 Å². The first-order valence-electron chi connectivity index (χ1n) is 6.48. The summed E-state index contributed by atoms with van der Waals surface area (Å²) in [5.74, 6) is 1.12. The molecule has 0 spiro atoms. The van der Waals surface area contributed by atoms with Crippen molar-refractivity contribution in [2.45, 2.75) is 31.3 Å². The molecule has 2 heterocycles. The average Bonchev–Trinajstić information content (AvgIpc) is 2.96. The lowest BCUT2D eigenvalue weighted by molar-refractivity contribution is -0.127. The Morgan fingerprint density at radius 1 is 1.39 bits per heavy atom. The number of hydrogen-bond acceptors (Lipinski definition) is 3. The smallest absolute Gasteiger partial charge is 0.225 e. The van der Waals surface area contributed by atoms with Crippen LogP contribution >= 0.6 is 0 Å². The number of amides is 1. The van der Waals surface area contributed by atoms with E-state index in [4.69, 9.17) is 4.74 Å². The second kappa shape index (κ2) is 4.52. The normalized spacial score (nSPS) is 26.3. The summed E-state index contributed by atoms with van der Waals surface area (Å²) in [7, 11) is 1.67. The summed E-state index contributed by atoms with van der Waals surface area (Å²) in [6.45, 7) is 0.924. The van der Waals surface area contributed by atoms with E-state index in [-0.39, 0.29) is 11.9 Å². The second-order valence-electron chi connectivity index (χ2n) is 4.95. The molecule has 4 nitrogen and oxygen atoms in total. The summed E-state index contributed by atoms with van der Waals surface area (Å²) in [4.78, 5) is 13.9. The van der Waals surface area contributed by atoms with Crippen molar-refractivity contribution in [3.63, 3.8) is 0 Å². The molecular weight excluding hydrogens is 228 g/mol. The van der Waals surface area contributed by atoms with Crippen molar-refractivity contribution in [3.05, 3.63) is 24.3 Å². The number of carbonyl (C=O) groups is 1. The third-order valence-electron chi connectivity index (χ3n) is 3.93. The molecular formula is C14H18N2O2. The molecule has 0 bridgehead atoms. The largest absolute Gasteiger partial charge is 0.495 e. The van der Waals surface area contributed by atoms with E-state index in [1.807, 2.05) is 29.2 Å². The van der Waals surface area contributed by atoms with Gasteiger partial charge in [0.25, 0.3) is 0 Å². The van der Waals surface area contributed by atoms with E-state index in [9.17, 15) is 4.79 Å². The molecule has 2 aliphatic rings. The molecule has 2 atom stereocenters. The third kappa shape index (κ3) is 1.82. The lowest BCUT2D eigenvalue weighted by Crippen LogP contribution is -2.34. The molecule has 2 unspecified atom stereocenters. The van der Waals surface area contributed by atoms with Crippen LogP contribution in [0, 0.1) is 0 Å². The van der Waals surface area contributed by atoms with E-state index in [0.29, 0.717) is 12.5 Å². The highest BCUT2D eigenvalue weighted by Gasteiger charge is 2.42. The van der Waals surface area contributed by atoms with Crippen molar-refractivity contribution in [1.29, 1.82) is 0 Å². The zero-order chi connectivity index (χ0) is 12.5. The molecule has 0 saturated carbocycles. The molecule has 1 N–H and O–H groups in total. The van der Waals surface area contributed by atoms with Crippen LogP contribution in [0.5, 0.6) is 5.75 Å². The number of ether oxygens (including phenoxy) is 1. The molecule has 96 valence electrons. The number of nitrogens with zero attached hydrogens (tertiary/aromatic N) is 1. The molecule has 0 radical (unpaired) electrons. The Labute approximate surface area is 107 Å². The number of anilines is 1. The first-order chi connectivity index (χ1) is 8.79. The monoisotopic (exact) mass is 246 g/mol. The highest BCUT2D eigenvalue weighted by Crippen LogP contribution is 2.33. The molecule has 0 aromatic heterocycles. The van der Waals surface area contributed by atoms with Crippen molar-refractivity contribution in [2.24, 2.45) is 0 Å². The lowest BCUT2D eigenvalue weighted by Gasteiger charge is -2.22. The van der Waals surface area contributed by atoms with Gasteiger partial charge in [0, 0.05) is 13.0 Å². The molecule has 0 aliphatic carbocycles. The summed E-state index contributed by atoms with van der Waals surface area (Å²) in [5.41, 5.74) is 0.978. The minimum Gasteiger partial charge on any atom is -0.495 e. The first kappa shape index (κ1) is 11.4. The Balaban J connectivity index is 1.78. The van der Waals surface area contributed by atoms with Crippen molar-refractivity contribution in [2.75, 3.05) is 19.0 Å². The number of benzene rings is 1. The maximum absolute atomic E-state index is 11.9. The first-order valence-corrected chi connectivity index (χ1v) is 6.48. The lowest BCUT2D eigenvalue weighted by atomic mass is 10.1. The maximum atomic E-state index is 11.9. The molecule has 2 saturated heterocycles. The SMILES string of the molecule is COc1ccccc1NC1CC(=O)N2CCCC12. The molecule has 3 rings (SSSR count). The maximum Gasteiger partial charge on any atom is 0.225 e. The van der Waals surface area contributed by atoms with Crippen LogP contribution < -0.4 is 10.1 Å². The summed E-state index contributed by atoms with van der Waals surface area (Å²) in [6.07, 6.45) is 2.84. The van der Waals surface area contributed by atoms with Gasteiger partial charge in [-0.15, -0.1) is 0 Å². The minimum absolute atomic E-state index is 0.219. The number of nitrogens with one attached hydrogen (secondary N) is 1. The van der Waals surface area contributed by atoms with Crippen LogP contribution in [0.2, 0.25) is 0 Å². The fraction of sp³-hybridized carbons (Fsp3) is 0.500. The molecule has 2 aliphatic heterocycles. The standard InChI is InChI=1S/C14H18N2O2/c1-18-13-7-3-2-5-10(13)15-11-9-14(17)16-8-4-6-12(11)16/h2-3,5,7,11-12,15H,4,6,8-9H2,1H3. The van der Waals surface area contributed by atoms with Crippen LogP contribution in [-0.2, 0) is 4.79 Å². The summed E-state index contributed by atoms with van der Waals surface area (Å²) in [5, 5.41) is 3.47. The van der Waals surface area contributed by atoms with Crippen LogP contribution in [0.3, 0.4) is 0 Å². The van der Waals surface area contributed by atoms with Crippen LogP contribution in [0.15, 0.2) is 24.3 Å². The number of fused-ring (bicyclic) bond motifs is 1. The second-order valence-corrected chi connectivity index (χ2v) is 4.95. The van der Waals surface area contributed by atoms with Gasteiger partial charge in [0.05, 0.1) is 24.9 Å². The van der Waals surface area contributed by atoms with Gasteiger partial charge in [-0.05, 0) is 25.0 Å². The molecule has 1 amide bonds. The van der Waals surface area contributed by atoms with Gasteiger partial charge in [-0.2, -0.15) is 0 Å². The van der Waals surface area contributed by atoms with E-state index in [1.165, 1.54) is 0 Å². The summed E-state index contributed by atoms with van der Waals surface area (Å²) >= 11 is 0. The zero-order valence-corrected chi connectivity index (χ0v) is 10.6. The average molecular weight is 246 g/mol. The Hall–Kier alpha value is -1.71. The number of rotatable bonds is 3. The van der Waals surface area contributed by atoms with Gasteiger partial charge in [-0.25, -0.2) is 0 Å². The topological polar surface area (TPSA) is 41.6 Å². The van der Waals surface area contributed by atoms with Crippen molar-refractivity contribution in [1.82, 2.24) is 4.90 Å². The van der Waals surface area contributed by atoms with Crippen LogP contribution in [0.4, 0.5) is 5.69 Å². The number of hydrogen-bond donors (Lipinski definition) is 1. The molecule has 1 aromatic carbocycles. The number of methoxy groups -OCH3 is 1. The molecule has 1 aromatic rings. The molecule has 2 fully saturated rings. The zero-order valence-electron chi connectivity index (χ0n) is 10.6. The van der Waals surface area contributed by atoms with Gasteiger partial charge in [-0.3, -0.25) is 4.79 Å². The van der Waals surface area contributed by atoms with Crippen molar-refractivity contribution >= 4 is 11.6 Å². The molecule has 4 heteroatoms. The van der Waals surface area contributed by atoms with Gasteiger partial charge in [0.1, 0.15) is 5.75 Å². The number of carbonyl (C=O) groups excluding carboxylic acids is 1. The van der Waals surface area contributed by atoms with E-state index < -0.39 is 0 Å². The van der Waals surface area contributed by atoms with Gasteiger partial charge < -0.3 is 15.0 Å². The van der Waals surface area contributed by atoms with E-state index in [2.05, 4.69) is 5.32 Å². The predicted octanol–water partition coefficient (Wildman–Crippen LogP) is 1.87. The Morgan fingerprint density at radius 2 is 2.22 bits per heavy atom. The Kier molecular flexibility index (Phi) is 2.86.